The fourth-order valence-electron chi connectivity index (χ4n) is 1.44. The van der Waals surface area contributed by atoms with Crippen molar-refractivity contribution in [2.75, 3.05) is 11.2 Å². The predicted octanol–water partition coefficient (Wildman–Crippen LogP) is 3.29. The number of hydrogen-bond acceptors (Lipinski definition) is 2. The van der Waals surface area contributed by atoms with Crippen molar-refractivity contribution in [2.24, 2.45) is 0 Å². The number of amides is 3. The predicted molar refractivity (Wildman–Crippen MR) is 68.7 cm³/mol. The van der Waals surface area contributed by atoms with Gasteiger partial charge in [-0.3, -0.25) is 10.1 Å². The molecule has 0 radical (unpaired) electrons. The number of rotatable bonds is 3. The Labute approximate surface area is 118 Å². The van der Waals surface area contributed by atoms with E-state index in [-0.39, 0.29) is 23.6 Å². The maximum atomic E-state index is 12.7. The summed E-state index contributed by atoms with van der Waals surface area (Å²) in [4.78, 5) is 22.5. The van der Waals surface area contributed by atoms with Gasteiger partial charge in [0.15, 0.2) is 0 Å². The highest BCUT2D eigenvalue weighted by Crippen LogP contribution is 2.33. The molecule has 0 aliphatic carbocycles. The Morgan fingerprint density at radius 2 is 1.95 bits per heavy atom. The summed E-state index contributed by atoms with van der Waals surface area (Å²) < 4.78 is 38.0. The molecule has 0 fully saturated rings. The van der Waals surface area contributed by atoms with Crippen LogP contribution in [-0.4, -0.2) is 17.8 Å². The first-order valence-electron chi connectivity index (χ1n) is 5.58. The largest absolute Gasteiger partial charge is 0.416 e. The summed E-state index contributed by atoms with van der Waals surface area (Å²) in [6.07, 6.45) is -4.57. The molecule has 0 spiro atoms. The van der Waals surface area contributed by atoms with Crippen LogP contribution in [0.5, 0.6) is 0 Å². The zero-order valence-corrected chi connectivity index (χ0v) is 11.2. The molecule has 4 nitrogen and oxygen atoms in total. The third-order valence-corrected chi connectivity index (χ3v) is 2.56. The lowest BCUT2D eigenvalue weighted by Gasteiger charge is -2.12. The minimum absolute atomic E-state index is 0.0432. The van der Waals surface area contributed by atoms with Crippen LogP contribution >= 0.6 is 11.6 Å². The van der Waals surface area contributed by atoms with Crippen molar-refractivity contribution < 1.29 is 22.8 Å². The summed E-state index contributed by atoms with van der Waals surface area (Å²) >= 11 is 5.31. The van der Waals surface area contributed by atoms with Crippen molar-refractivity contribution in [3.8, 4) is 0 Å². The molecule has 1 aromatic carbocycles. The van der Waals surface area contributed by atoms with Crippen LogP contribution in [0.3, 0.4) is 0 Å². The maximum absolute atomic E-state index is 12.7. The van der Waals surface area contributed by atoms with Gasteiger partial charge in [0, 0.05) is 18.0 Å². The normalized spacial score (nSPS) is 11.1. The van der Waals surface area contributed by atoms with Crippen LogP contribution in [0.1, 0.15) is 17.5 Å². The van der Waals surface area contributed by atoms with Gasteiger partial charge in [-0.2, -0.15) is 13.2 Å². The minimum atomic E-state index is -4.51. The quantitative estimate of drug-likeness (QED) is 0.842. The van der Waals surface area contributed by atoms with E-state index in [0.29, 0.717) is 0 Å². The number of carbonyl (C=O) groups is 2. The number of benzene rings is 1. The highest BCUT2D eigenvalue weighted by atomic mass is 35.5. The van der Waals surface area contributed by atoms with Gasteiger partial charge in [0.05, 0.1) is 5.56 Å². The average Bonchev–Trinajstić information content (AvgIpc) is 2.30. The highest BCUT2D eigenvalue weighted by Gasteiger charge is 2.32. The fourth-order valence-corrected chi connectivity index (χ4v) is 1.61. The van der Waals surface area contributed by atoms with E-state index in [1.54, 1.807) is 0 Å². The van der Waals surface area contributed by atoms with Crippen molar-refractivity contribution in [2.45, 2.75) is 19.5 Å². The Balaban J connectivity index is 2.79. The summed E-state index contributed by atoms with van der Waals surface area (Å²) in [5.74, 6) is -0.567. The van der Waals surface area contributed by atoms with E-state index in [0.717, 1.165) is 6.07 Å². The van der Waals surface area contributed by atoms with Gasteiger partial charge in [0.25, 0.3) is 0 Å². The summed E-state index contributed by atoms with van der Waals surface area (Å²) in [6, 6.07) is 2.45. The lowest BCUT2D eigenvalue weighted by Crippen LogP contribution is -2.34. The Bertz CT molecular complexity index is 518. The van der Waals surface area contributed by atoms with Crippen molar-refractivity contribution in [3.05, 3.63) is 29.3 Å². The summed E-state index contributed by atoms with van der Waals surface area (Å²) in [5.41, 5.74) is -0.858. The molecular weight excluding hydrogens is 297 g/mol. The SMILES string of the molecule is Cc1ccc(NC(=O)NC(=O)CCCl)cc1C(F)(F)F. The van der Waals surface area contributed by atoms with Gasteiger partial charge in [0.1, 0.15) is 0 Å². The highest BCUT2D eigenvalue weighted by molar-refractivity contribution is 6.19. The third kappa shape index (κ3) is 4.73. The monoisotopic (exact) mass is 308 g/mol. The molecule has 0 aromatic heterocycles. The van der Waals surface area contributed by atoms with Crippen molar-refractivity contribution in [3.63, 3.8) is 0 Å². The lowest BCUT2D eigenvalue weighted by molar-refractivity contribution is -0.138. The smallest absolute Gasteiger partial charge is 0.308 e. The van der Waals surface area contributed by atoms with Gasteiger partial charge in [-0.25, -0.2) is 4.79 Å². The van der Waals surface area contributed by atoms with Gasteiger partial charge in [-0.05, 0) is 24.6 Å². The van der Waals surface area contributed by atoms with Crippen LogP contribution in [0.4, 0.5) is 23.7 Å². The van der Waals surface area contributed by atoms with Crippen LogP contribution in [-0.2, 0) is 11.0 Å². The Morgan fingerprint density at radius 1 is 1.30 bits per heavy atom. The maximum Gasteiger partial charge on any atom is 0.416 e. The fraction of sp³-hybridized carbons (Fsp3) is 0.333. The van der Waals surface area contributed by atoms with Gasteiger partial charge < -0.3 is 5.32 Å². The van der Waals surface area contributed by atoms with E-state index in [2.05, 4.69) is 5.32 Å². The number of anilines is 1. The molecule has 0 heterocycles. The van der Waals surface area contributed by atoms with Gasteiger partial charge in [0.2, 0.25) is 5.91 Å². The van der Waals surface area contributed by atoms with Gasteiger partial charge >= 0.3 is 12.2 Å². The van der Waals surface area contributed by atoms with Crippen molar-refractivity contribution >= 4 is 29.2 Å². The second kappa shape index (κ2) is 6.60. The molecular formula is C12H12ClF3N2O2. The molecule has 0 unspecified atom stereocenters. The molecule has 1 aromatic rings. The molecule has 2 N–H and O–H groups in total. The number of hydrogen-bond donors (Lipinski definition) is 2. The van der Waals surface area contributed by atoms with Gasteiger partial charge in [-0.15, -0.1) is 11.6 Å². The molecule has 8 heteroatoms. The van der Waals surface area contributed by atoms with Crippen LogP contribution in [0, 0.1) is 6.92 Å². The van der Waals surface area contributed by atoms with E-state index in [4.69, 9.17) is 11.6 Å². The molecule has 0 saturated heterocycles. The van der Waals surface area contributed by atoms with E-state index in [1.165, 1.54) is 19.1 Å². The molecule has 0 aliphatic rings. The third-order valence-electron chi connectivity index (χ3n) is 2.38. The lowest BCUT2D eigenvalue weighted by atomic mass is 10.1. The molecule has 20 heavy (non-hydrogen) atoms. The van der Waals surface area contributed by atoms with Crippen molar-refractivity contribution in [1.82, 2.24) is 5.32 Å². The molecule has 1 rings (SSSR count). The Hall–Kier alpha value is -1.76. The number of aryl methyl sites for hydroxylation is 1. The Kier molecular flexibility index (Phi) is 5.38. The number of halogens is 4. The van der Waals surface area contributed by atoms with E-state index in [1.807, 2.05) is 5.32 Å². The number of carbonyl (C=O) groups excluding carboxylic acids is 2. The van der Waals surface area contributed by atoms with Crippen LogP contribution in [0.25, 0.3) is 0 Å². The van der Waals surface area contributed by atoms with Crippen LogP contribution in [0.2, 0.25) is 0 Å². The zero-order valence-electron chi connectivity index (χ0n) is 10.5. The number of nitrogens with one attached hydrogen (secondary N) is 2. The zero-order chi connectivity index (χ0) is 15.3. The molecule has 0 atom stereocenters. The van der Waals surface area contributed by atoms with E-state index >= 15 is 0 Å². The van der Waals surface area contributed by atoms with E-state index < -0.39 is 23.7 Å². The summed E-state index contributed by atoms with van der Waals surface area (Å²) in [5, 5.41) is 4.10. The average molecular weight is 309 g/mol. The number of imide groups is 1. The first kappa shape index (κ1) is 16.3. The second-order valence-electron chi connectivity index (χ2n) is 3.97. The second-order valence-corrected chi connectivity index (χ2v) is 4.35. The minimum Gasteiger partial charge on any atom is -0.308 e. The summed E-state index contributed by atoms with van der Waals surface area (Å²) in [7, 11) is 0. The first-order valence-corrected chi connectivity index (χ1v) is 6.12. The topological polar surface area (TPSA) is 58.2 Å². The summed E-state index contributed by atoms with van der Waals surface area (Å²) in [6.45, 7) is 1.32. The molecule has 3 amide bonds. The first-order chi connectivity index (χ1) is 9.24. The van der Waals surface area contributed by atoms with Crippen LogP contribution < -0.4 is 10.6 Å². The molecule has 0 saturated carbocycles. The Morgan fingerprint density at radius 3 is 2.50 bits per heavy atom. The number of urea groups is 1. The van der Waals surface area contributed by atoms with Crippen LogP contribution in [0.15, 0.2) is 18.2 Å². The van der Waals surface area contributed by atoms with E-state index in [9.17, 15) is 22.8 Å². The van der Waals surface area contributed by atoms with Crippen molar-refractivity contribution in [1.29, 1.82) is 0 Å². The van der Waals surface area contributed by atoms with Gasteiger partial charge in [-0.1, -0.05) is 6.07 Å². The molecule has 0 bridgehead atoms. The molecule has 0 aliphatic heterocycles. The standard InChI is InChI=1S/C12H12ClF3N2O2/c1-7-2-3-8(6-9(7)12(14,15)16)17-11(20)18-10(19)4-5-13/h2-3,6H,4-5H2,1H3,(H2,17,18,19,20). The molecule has 110 valence electrons. The number of alkyl halides is 4.